The normalized spacial score (nSPS) is 15.0. The molecule has 1 aliphatic rings. The van der Waals surface area contributed by atoms with E-state index in [1.807, 2.05) is 43.3 Å². The Labute approximate surface area is 153 Å². The van der Waals surface area contributed by atoms with Gasteiger partial charge < -0.3 is 15.1 Å². The number of aryl methyl sites for hydroxylation is 1. The molecule has 0 atom stereocenters. The number of aromatic nitrogens is 2. The van der Waals surface area contributed by atoms with Gasteiger partial charge in [-0.1, -0.05) is 0 Å². The van der Waals surface area contributed by atoms with Gasteiger partial charge in [0, 0.05) is 57.6 Å². The standard InChI is InChI=1S/C19H25N5O2/c1-22(2)16-6-4-14(5-7-16)19(26)21-15-8-10-24(11-9-15)17-12-18(25)23(3)20-13-17/h4-7,12-13,15H,8-11H2,1-3H3,(H,21,26). The van der Waals surface area contributed by atoms with Gasteiger partial charge in [-0.15, -0.1) is 0 Å². The van der Waals surface area contributed by atoms with Crippen molar-refractivity contribution in [2.45, 2.75) is 18.9 Å². The fraction of sp³-hybridized carbons (Fsp3) is 0.421. The Kier molecular flexibility index (Phi) is 5.25. The van der Waals surface area contributed by atoms with E-state index in [1.54, 1.807) is 19.3 Å². The Morgan fingerprint density at radius 3 is 2.42 bits per heavy atom. The van der Waals surface area contributed by atoms with Gasteiger partial charge in [-0.25, -0.2) is 4.68 Å². The zero-order valence-electron chi connectivity index (χ0n) is 15.5. The lowest BCUT2D eigenvalue weighted by molar-refractivity contribution is 0.0931. The predicted octanol–water partition coefficient (Wildman–Crippen LogP) is 1.25. The lowest BCUT2D eigenvalue weighted by Crippen LogP contribution is -2.45. The molecular weight excluding hydrogens is 330 g/mol. The minimum Gasteiger partial charge on any atom is -0.378 e. The maximum atomic E-state index is 12.4. The molecule has 1 aromatic heterocycles. The van der Waals surface area contributed by atoms with E-state index < -0.39 is 0 Å². The maximum absolute atomic E-state index is 12.4. The molecule has 0 saturated carbocycles. The first-order valence-electron chi connectivity index (χ1n) is 8.80. The summed E-state index contributed by atoms with van der Waals surface area (Å²) in [6.07, 6.45) is 3.40. The van der Waals surface area contributed by atoms with Crippen molar-refractivity contribution in [1.82, 2.24) is 15.1 Å². The van der Waals surface area contributed by atoms with Crippen LogP contribution in [0.1, 0.15) is 23.2 Å². The summed E-state index contributed by atoms with van der Waals surface area (Å²) in [7, 11) is 5.58. The van der Waals surface area contributed by atoms with Crippen molar-refractivity contribution in [3.05, 3.63) is 52.4 Å². The summed E-state index contributed by atoms with van der Waals surface area (Å²) < 4.78 is 1.32. The molecule has 1 saturated heterocycles. The quantitative estimate of drug-likeness (QED) is 0.894. The van der Waals surface area contributed by atoms with Crippen LogP contribution in [-0.2, 0) is 7.05 Å². The minimum absolute atomic E-state index is 0.0380. The van der Waals surface area contributed by atoms with Crippen molar-refractivity contribution < 1.29 is 4.79 Å². The molecule has 1 fully saturated rings. The molecule has 3 rings (SSSR count). The summed E-state index contributed by atoms with van der Waals surface area (Å²) in [5.74, 6) is -0.0380. The molecule has 0 unspecified atom stereocenters. The van der Waals surface area contributed by atoms with E-state index >= 15 is 0 Å². The number of rotatable bonds is 4. The topological polar surface area (TPSA) is 70.5 Å². The van der Waals surface area contributed by atoms with Crippen molar-refractivity contribution in [3.63, 3.8) is 0 Å². The molecule has 1 aromatic carbocycles. The number of anilines is 2. The SMILES string of the molecule is CN(C)c1ccc(C(=O)NC2CCN(c3cnn(C)c(=O)c3)CC2)cc1. The van der Waals surface area contributed by atoms with Gasteiger partial charge >= 0.3 is 0 Å². The highest BCUT2D eigenvalue weighted by Crippen LogP contribution is 2.18. The molecule has 138 valence electrons. The van der Waals surface area contributed by atoms with Crippen molar-refractivity contribution >= 4 is 17.3 Å². The average molecular weight is 355 g/mol. The average Bonchev–Trinajstić information content (AvgIpc) is 2.64. The van der Waals surface area contributed by atoms with E-state index in [1.165, 1.54) is 4.68 Å². The molecule has 1 N–H and O–H groups in total. The van der Waals surface area contributed by atoms with Crippen molar-refractivity contribution in [1.29, 1.82) is 0 Å². The van der Waals surface area contributed by atoms with Gasteiger partial charge in [0.1, 0.15) is 0 Å². The fourth-order valence-corrected chi connectivity index (χ4v) is 3.09. The van der Waals surface area contributed by atoms with Crippen molar-refractivity contribution in [2.24, 2.45) is 7.05 Å². The van der Waals surface area contributed by atoms with Crippen LogP contribution in [0.25, 0.3) is 0 Å². The van der Waals surface area contributed by atoms with Crippen molar-refractivity contribution in [3.8, 4) is 0 Å². The maximum Gasteiger partial charge on any atom is 0.268 e. The van der Waals surface area contributed by atoms with E-state index in [4.69, 9.17) is 0 Å². The molecule has 0 aliphatic carbocycles. The third-order valence-electron chi connectivity index (χ3n) is 4.79. The molecule has 0 bridgehead atoms. The second kappa shape index (κ2) is 7.59. The van der Waals surface area contributed by atoms with Gasteiger partial charge in [0.2, 0.25) is 0 Å². The van der Waals surface area contributed by atoms with Crippen LogP contribution in [0.2, 0.25) is 0 Å². The molecule has 1 amide bonds. The number of benzene rings is 1. The van der Waals surface area contributed by atoms with Gasteiger partial charge in [-0.3, -0.25) is 9.59 Å². The molecule has 0 spiro atoms. The Morgan fingerprint density at radius 2 is 1.85 bits per heavy atom. The Bertz CT molecular complexity index is 821. The summed E-state index contributed by atoms with van der Waals surface area (Å²) in [5, 5.41) is 7.19. The fourth-order valence-electron chi connectivity index (χ4n) is 3.09. The second-order valence-electron chi connectivity index (χ2n) is 6.85. The zero-order valence-corrected chi connectivity index (χ0v) is 15.5. The number of carbonyl (C=O) groups excluding carboxylic acids is 1. The number of nitrogens with zero attached hydrogens (tertiary/aromatic N) is 4. The summed E-state index contributed by atoms with van der Waals surface area (Å²) >= 11 is 0. The number of hydrogen-bond donors (Lipinski definition) is 1. The third kappa shape index (κ3) is 4.04. The second-order valence-corrected chi connectivity index (χ2v) is 6.85. The first-order chi connectivity index (χ1) is 12.4. The summed E-state index contributed by atoms with van der Waals surface area (Å²) in [6, 6.07) is 9.35. The number of amides is 1. The molecule has 26 heavy (non-hydrogen) atoms. The molecule has 2 heterocycles. The summed E-state index contributed by atoms with van der Waals surface area (Å²) in [4.78, 5) is 28.3. The van der Waals surface area contributed by atoms with Crippen LogP contribution in [0.4, 0.5) is 11.4 Å². The number of hydrogen-bond acceptors (Lipinski definition) is 5. The van der Waals surface area contributed by atoms with Gasteiger partial charge in [0.05, 0.1) is 11.9 Å². The Hall–Kier alpha value is -2.83. The molecule has 7 nitrogen and oxygen atoms in total. The molecular formula is C19H25N5O2. The van der Waals surface area contributed by atoms with E-state index in [9.17, 15) is 9.59 Å². The van der Waals surface area contributed by atoms with Crippen LogP contribution >= 0.6 is 0 Å². The van der Waals surface area contributed by atoms with Gasteiger partial charge in [0.25, 0.3) is 11.5 Å². The monoisotopic (exact) mass is 355 g/mol. The van der Waals surface area contributed by atoms with E-state index in [0.717, 1.165) is 37.3 Å². The van der Waals surface area contributed by atoms with Crippen LogP contribution in [-0.4, -0.2) is 48.9 Å². The van der Waals surface area contributed by atoms with E-state index in [-0.39, 0.29) is 17.5 Å². The van der Waals surface area contributed by atoms with Crippen LogP contribution in [0.5, 0.6) is 0 Å². The largest absolute Gasteiger partial charge is 0.378 e. The number of nitrogens with one attached hydrogen (secondary N) is 1. The van der Waals surface area contributed by atoms with Gasteiger partial charge in [0.15, 0.2) is 0 Å². The lowest BCUT2D eigenvalue weighted by atomic mass is 10.0. The first-order valence-corrected chi connectivity index (χ1v) is 8.80. The Balaban J connectivity index is 1.55. The summed E-state index contributed by atoms with van der Waals surface area (Å²) in [6.45, 7) is 1.58. The number of piperidine rings is 1. The smallest absolute Gasteiger partial charge is 0.268 e. The highest BCUT2D eigenvalue weighted by molar-refractivity contribution is 5.94. The van der Waals surface area contributed by atoms with E-state index in [2.05, 4.69) is 15.3 Å². The van der Waals surface area contributed by atoms with Gasteiger partial charge in [-0.2, -0.15) is 5.10 Å². The van der Waals surface area contributed by atoms with Crippen LogP contribution in [0.3, 0.4) is 0 Å². The molecule has 1 aliphatic heterocycles. The number of carbonyl (C=O) groups is 1. The van der Waals surface area contributed by atoms with Crippen molar-refractivity contribution in [2.75, 3.05) is 37.0 Å². The zero-order chi connectivity index (χ0) is 18.7. The van der Waals surface area contributed by atoms with Crippen LogP contribution in [0, 0.1) is 0 Å². The molecule has 2 aromatic rings. The van der Waals surface area contributed by atoms with Crippen LogP contribution in [0.15, 0.2) is 41.3 Å². The minimum atomic E-state index is -0.112. The highest BCUT2D eigenvalue weighted by atomic mass is 16.1. The Morgan fingerprint density at radius 1 is 1.19 bits per heavy atom. The molecule has 7 heteroatoms. The van der Waals surface area contributed by atoms with Crippen LogP contribution < -0.4 is 20.7 Å². The highest BCUT2D eigenvalue weighted by Gasteiger charge is 2.22. The molecule has 0 radical (unpaired) electrons. The third-order valence-corrected chi connectivity index (χ3v) is 4.79. The predicted molar refractivity (Wildman–Crippen MR) is 103 cm³/mol. The first kappa shape index (κ1) is 18.0. The summed E-state index contributed by atoms with van der Waals surface area (Å²) in [5.41, 5.74) is 2.47. The lowest BCUT2D eigenvalue weighted by Gasteiger charge is -2.33. The van der Waals surface area contributed by atoms with E-state index in [0.29, 0.717) is 5.56 Å². The van der Waals surface area contributed by atoms with Gasteiger partial charge in [-0.05, 0) is 37.1 Å².